The highest BCUT2D eigenvalue weighted by Gasteiger charge is 2.60. The molecule has 4 aliphatic rings. The standard InChI is InChI=1S/C23H34N4O7S/c1-12-18-17(13(2)28)22(32)26(18)19(23(33)34)20(12)35-14-9-15(24-10-14)21(31)25-5-4-7-27(3,8-6-25)11-16(29)30/h12-15,17-18,24,28H,4-11H2,1-3H3,(H-,29,30,33,34)/p+1/t12-,13-,14+,15+,17-,18-,27+/m1/s1. The minimum Gasteiger partial charge on any atom is -0.477 e. The van der Waals surface area contributed by atoms with Crippen molar-refractivity contribution in [2.24, 2.45) is 11.8 Å². The van der Waals surface area contributed by atoms with E-state index in [4.69, 9.17) is 0 Å². The fraction of sp³-hybridized carbons (Fsp3) is 0.739. The van der Waals surface area contributed by atoms with Gasteiger partial charge in [0.15, 0.2) is 6.54 Å². The van der Waals surface area contributed by atoms with Crippen LogP contribution in [0, 0.1) is 11.8 Å². The zero-order valence-corrected chi connectivity index (χ0v) is 21.2. The third-order valence-electron chi connectivity index (χ3n) is 7.86. The van der Waals surface area contributed by atoms with Gasteiger partial charge in [0.05, 0.1) is 50.8 Å². The molecule has 4 heterocycles. The van der Waals surface area contributed by atoms with Gasteiger partial charge in [0.1, 0.15) is 5.70 Å². The summed E-state index contributed by atoms with van der Waals surface area (Å²) in [6, 6.07) is -0.725. The molecule has 0 radical (unpaired) electrons. The van der Waals surface area contributed by atoms with Gasteiger partial charge in [0.2, 0.25) is 11.8 Å². The number of carbonyl (C=O) groups is 4. The first-order chi connectivity index (χ1) is 16.4. The second kappa shape index (κ2) is 9.72. The van der Waals surface area contributed by atoms with Crippen LogP contribution >= 0.6 is 11.8 Å². The Morgan fingerprint density at radius 2 is 1.94 bits per heavy atom. The monoisotopic (exact) mass is 511 g/mol. The number of amides is 2. The van der Waals surface area contributed by atoms with E-state index in [1.807, 2.05) is 18.9 Å². The van der Waals surface area contributed by atoms with E-state index in [0.717, 1.165) is 6.42 Å². The lowest BCUT2D eigenvalue weighted by Gasteiger charge is -2.46. The van der Waals surface area contributed by atoms with Crippen LogP contribution in [0.3, 0.4) is 0 Å². The average molecular weight is 512 g/mol. The van der Waals surface area contributed by atoms with Crippen LogP contribution in [0.2, 0.25) is 0 Å². The van der Waals surface area contributed by atoms with Crippen molar-refractivity contribution in [2.45, 2.75) is 50.1 Å². The van der Waals surface area contributed by atoms with Gasteiger partial charge >= 0.3 is 11.9 Å². The normalized spacial score (nSPS) is 36.0. The zero-order valence-electron chi connectivity index (χ0n) is 20.3. The molecule has 0 aromatic rings. The van der Waals surface area contributed by atoms with Crippen LogP contribution < -0.4 is 5.32 Å². The number of carboxylic acid groups (broad SMARTS) is 2. The van der Waals surface area contributed by atoms with Crippen molar-refractivity contribution < 1.29 is 39.0 Å². The Bertz CT molecular complexity index is 956. The number of aliphatic hydroxyl groups is 1. The predicted molar refractivity (Wildman–Crippen MR) is 127 cm³/mol. The molecule has 4 rings (SSSR count). The first kappa shape index (κ1) is 25.9. The summed E-state index contributed by atoms with van der Waals surface area (Å²) in [6.45, 7) is 6.43. The Morgan fingerprint density at radius 3 is 2.57 bits per heavy atom. The van der Waals surface area contributed by atoms with Crippen LogP contribution in [0.5, 0.6) is 0 Å². The Balaban J connectivity index is 1.39. The van der Waals surface area contributed by atoms with Crippen molar-refractivity contribution in [1.29, 1.82) is 0 Å². The lowest BCUT2D eigenvalue weighted by atomic mass is 9.79. The molecule has 0 saturated carbocycles. The lowest BCUT2D eigenvalue weighted by molar-refractivity contribution is -0.900. The van der Waals surface area contributed by atoms with E-state index < -0.39 is 24.0 Å². The molecule has 0 spiro atoms. The van der Waals surface area contributed by atoms with Crippen LogP contribution in [-0.2, 0) is 19.2 Å². The van der Waals surface area contributed by atoms with Crippen LogP contribution in [-0.4, -0.2) is 123 Å². The highest BCUT2D eigenvalue weighted by molar-refractivity contribution is 8.03. The van der Waals surface area contributed by atoms with Crippen molar-refractivity contribution in [3.8, 4) is 0 Å². The molecule has 4 aliphatic heterocycles. The quantitative estimate of drug-likeness (QED) is 0.259. The molecule has 0 bridgehead atoms. The van der Waals surface area contributed by atoms with E-state index >= 15 is 0 Å². The van der Waals surface area contributed by atoms with Gasteiger partial charge in [0.25, 0.3) is 0 Å². The summed E-state index contributed by atoms with van der Waals surface area (Å²) in [6.07, 6.45) is 0.441. The smallest absolute Gasteiger partial charge is 0.359 e. The molecule has 0 aliphatic carbocycles. The minimum absolute atomic E-state index is 0.00282. The van der Waals surface area contributed by atoms with E-state index in [9.17, 15) is 34.5 Å². The topological polar surface area (TPSA) is 147 Å². The van der Waals surface area contributed by atoms with E-state index in [0.29, 0.717) is 48.5 Å². The molecule has 12 heteroatoms. The Morgan fingerprint density at radius 1 is 1.23 bits per heavy atom. The minimum atomic E-state index is -1.15. The molecule has 7 atom stereocenters. The summed E-state index contributed by atoms with van der Waals surface area (Å²) in [7, 11) is 1.91. The van der Waals surface area contributed by atoms with Gasteiger partial charge in [-0.05, 0) is 13.3 Å². The first-order valence-electron chi connectivity index (χ1n) is 12.2. The SMILES string of the molecule is C[C@@H](O)[C@H]1C(=O)N2C(C(=O)O)=C(S[C@@H]3CN[C@H](C(=O)N4CCC[N@+](C)(CC(=O)O)CC4)C3)[C@H](C)[C@H]12. The van der Waals surface area contributed by atoms with Gasteiger partial charge in [-0.15, -0.1) is 11.8 Å². The number of fused-ring (bicyclic) bond motifs is 1. The van der Waals surface area contributed by atoms with Gasteiger partial charge in [-0.3, -0.25) is 9.59 Å². The fourth-order valence-electron chi connectivity index (χ4n) is 5.99. The molecule has 3 saturated heterocycles. The third kappa shape index (κ3) is 4.81. The second-order valence-electron chi connectivity index (χ2n) is 10.5. The number of rotatable bonds is 7. The van der Waals surface area contributed by atoms with Gasteiger partial charge in [-0.1, -0.05) is 6.92 Å². The number of carbonyl (C=O) groups excluding carboxylic acids is 2. The van der Waals surface area contributed by atoms with Crippen LogP contribution in [0.1, 0.15) is 26.7 Å². The summed E-state index contributed by atoms with van der Waals surface area (Å²) < 4.78 is 0.406. The number of hydrogen-bond acceptors (Lipinski definition) is 7. The number of hydrogen-bond donors (Lipinski definition) is 4. The molecular formula is C23H35N4O7S+. The number of thioether (sulfide) groups is 1. The van der Waals surface area contributed by atoms with Gasteiger partial charge in [-0.2, -0.15) is 0 Å². The maximum absolute atomic E-state index is 13.2. The molecule has 2 amide bonds. The predicted octanol–water partition coefficient (Wildman–Crippen LogP) is -0.633. The molecule has 35 heavy (non-hydrogen) atoms. The van der Waals surface area contributed by atoms with Crippen molar-refractivity contribution in [3.05, 3.63) is 10.6 Å². The number of β-lactam (4-membered cyclic amide) rings is 1. The molecule has 3 fully saturated rings. The first-order valence-corrected chi connectivity index (χ1v) is 13.0. The second-order valence-corrected chi connectivity index (χ2v) is 11.8. The van der Waals surface area contributed by atoms with E-state index in [1.165, 1.54) is 16.7 Å². The molecular weight excluding hydrogens is 476 g/mol. The summed E-state index contributed by atoms with van der Waals surface area (Å²) >= 11 is 1.42. The summed E-state index contributed by atoms with van der Waals surface area (Å²) in [5, 5.41) is 32.3. The number of aliphatic hydroxyl groups excluding tert-OH is 1. The van der Waals surface area contributed by atoms with Crippen LogP contribution in [0.4, 0.5) is 0 Å². The number of likely N-dealkylation sites (N-methyl/N-ethyl adjacent to an activating group) is 1. The molecule has 0 aromatic carbocycles. The van der Waals surface area contributed by atoms with Crippen LogP contribution in [0.15, 0.2) is 10.6 Å². The molecule has 194 valence electrons. The van der Waals surface area contributed by atoms with Gasteiger partial charge in [0, 0.05) is 35.6 Å². The maximum Gasteiger partial charge on any atom is 0.359 e. The van der Waals surface area contributed by atoms with Crippen molar-refractivity contribution in [3.63, 3.8) is 0 Å². The van der Waals surface area contributed by atoms with Crippen molar-refractivity contribution in [2.75, 3.05) is 46.3 Å². The van der Waals surface area contributed by atoms with Crippen LogP contribution in [0.25, 0.3) is 0 Å². The average Bonchev–Trinajstić information content (AvgIpc) is 3.25. The highest BCUT2D eigenvalue weighted by atomic mass is 32.2. The number of nitrogens with zero attached hydrogens (tertiary/aromatic N) is 3. The molecule has 0 unspecified atom stereocenters. The molecule has 0 aromatic heterocycles. The summed E-state index contributed by atoms with van der Waals surface area (Å²) in [4.78, 5) is 52.8. The fourth-order valence-corrected chi connectivity index (χ4v) is 7.47. The Labute approximate surface area is 208 Å². The summed E-state index contributed by atoms with van der Waals surface area (Å²) in [5.41, 5.74) is 0.00665. The molecule has 11 nitrogen and oxygen atoms in total. The number of quaternary nitrogens is 1. The Hall–Kier alpha value is -2.15. The van der Waals surface area contributed by atoms with Gasteiger partial charge in [-0.25, -0.2) is 9.59 Å². The van der Waals surface area contributed by atoms with Crippen molar-refractivity contribution in [1.82, 2.24) is 15.1 Å². The molecule has 4 N–H and O–H groups in total. The summed E-state index contributed by atoms with van der Waals surface area (Å²) in [5.74, 6) is -3.14. The largest absolute Gasteiger partial charge is 0.477 e. The third-order valence-corrected chi connectivity index (χ3v) is 9.37. The Kier molecular flexibility index (Phi) is 7.20. The highest BCUT2D eigenvalue weighted by Crippen LogP contribution is 2.51. The lowest BCUT2D eigenvalue weighted by Crippen LogP contribution is -2.63. The number of carboxylic acids is 2. The van der Waals surface area contributed by atoms with E-state index in [1.54, 1.807) is 6.92 Å². The van der Waals surface area contributed by atoms with E-state index in [-0.39, 0.29) is 47.3 Å². The van der Waals surface area contributed by atoms with Gasteiger partial charge < -0.3 is 34.9 Å². The number of aliphatic carboxylic acids is 2. The number of nitrogens with one attached hydrogen (secondary N) is 1. The van der Waals surface area contributed by atoms with Crippen molar-refractivity contribution >= 4 is 35.5 Å². The van der Waals surface area contributed by atoms with E-state index in [2.05, 4.69) is 5.32 Å². The maximum atomic E-state index is 13.2. The zero-order chi connectivity index (χ0) is 25.7.